The molecule has 6 heteroatoms. The first-order valence-electron chi connectivity index (χ1n) is 5.40. The smallest absolute Gasteiger partial charge is 0.303 e. The van der Waals surface area contributed by atoms with E-state index in [9.17, 15) is 15.0 Å². The van der Waals surface area contributed by atoms with E-state index in [4.69, 9.17) is 14.6 Å². The molecular formula is C10H16O6. The van der Waals surface area contributed by atoms with Crippen LogP contribution in [0.4, 0.5) is 0 Å². The molecule has 0 amide bonds. The number of aliphatic carboxylic acids is 1. The molecule has 2 heterocycles. The molecule has 3 N–H and O–H groups in total. The third-order valence-electron chi connectivity index (χ3n) is 3.31. The van der Waals surface area contributed by atoms with E-state index < -0.39 is 29.9 Å². The van der Waals surface area contributed by atoms with Gasteiger partial charge >= 0.3 is 5.97 Å². The molecule has 4 atom stereocenters. The van der Waals surface area contributed by atoms with E-state index >= 15 is 0 Å². The summed E-state index contributed by atoms with van der Waals surface area (Å²) in [7, 11) is 0. The lowest BCUT2D eigenvalue weighted by molar-refractivity contribution is -0.137. The highest BCUT2D eigenvalue weighted by molar-refractivity contribution is 5.66. The molecule has 2 saturated heterocycles. The SMILES string of the molecule is O=C(O)CCC[C@@]12OC[C@@H](O)[C@H]1OC[C@@H]2O. The van der Waals surface area contributed by atoms with Gasteiger partial charge in [0.2, 0.25) is 0 Å². The lowest BCUT2D eigenvalue weighted by Gasteiger charge is -2.29. The molecule has 2 fully saturated rings. The second kappa shape index (κ2) is 4.29. The standard InChI is InChI=1S/C10H16O6/c11-6-4-16-10(3-1-2-8(13)14)7(12)5-15-9(6)10/h6-7,9,11-12H,1-5H2,(H,13,14)/t6-,7+,9-,10+/m1/s1. The van der Waals surface area contributed by atoms with Gasteiger partial charge in [0, 0.05) is 6.42 Å². The van der Waals surface area contributed by atoms with Crippen molar-refractivity contribution in [1.82, 2.24) is 0 Å². The van der Waals surface area contributed by atoms with Crippen LogP contribution in [0.25, 0.3) is 0 Å². The van der Waals surface area contributed by atoms with Gasteiger partial charge in [-0.15, -0.1) is 0 Å². The summed E-state index contributed by atoms with van der Waals surface area (Å²) in [6, 6.07) is 0. The summed E-state index contributed by atoms with van der Waals surface area (Å²) >= 11 is 0. The molecule has 2 aliphatic rings. The maximum absolute atomic E-state index is 10.4. The van der Waals surface area contributed by atoms with Crippen molar-refractivity contribution in [3.63, 3.8) is 0 Å². The van der Waals surface area contributed by atoms with Crippen molar-refractivity contribution in [1.29, 1.82) is 0 Å². The van der Waals surface area contributed by atoms with Gasteiger partial charge in [0.1, 0.15) is 23.9 Å². The van der Waals surface area contributed by atoms with E-state index in [1.54, 1.807) is 0 Å². The number of fused-ring (bicyclic) bond motifs is 1. The molecule has 0 aliphatic carbocycles. The average Bonchev–Trinajstić information content (AvgIpc) is 2.69. The van der Waals surface area contributed by atoms with Crippen LogP contribution in [0.1, 0.15) is 19.3 Å². The zero-order valence-electron chi connectivity index (χ0n) is 8.83. The van der Waals surface area contributed by atoms with Crippen molar-refractivity contribution >= 4 is 5.97 Å². The number of hydrogen-bond donors (Lipinski definition) is 3. The fraction of sp³-hybridized carbons (Fsp3) is 0.900. The molecule has 92 valence electrons. The Kier molecular flexibility index (Phi) is 3.16. The Hall–Kier alpha value is -0.690. The molecule has 2 rings (SSSR count). The number of carbonyl (C=O) groups is 1. The van der Waals surface area contributed by atoms with Crippen LogP contribution < -0.4 is 0 Å². The summed E-state index contributed by atoms with van der Waals surface area (Å²) in [5, 5.41) is 28.0. The number of carboxylic acid groups (broad SMARTS) is 1. The maximum Gasteiger partial charge on any atom is 0.303 e. The van der Waals surface area contributed by atoms with Crippen LogP contribution >= 0.6 is 0 Å². The van der Waals surface area contributed by atoms with Crippen molar-refractivity contribution in [3.8, 4) is 0 Å². The third-order valence-corrected chi connectivity index (χ3v) is 3.31. The van der Waals surface area contributed by atoms with E-state index in [1.807, 2.05) is 0 Å². The largest absolute Gasteiger partial charge is 0.481 e. The second-order valence-corrected chi connectivity index (χ2v) is 4.35. The number of rotatable bonds is 4. The van der Waals surface area contributed by atoms with Gasteiger partial charge in [-0.05, 0) is 12.8 Å². The van der Waals surface area contributed by atoms with Crippen molar-refractivity contribution in [3.05, 3.63) is 0 Å². The molecule has 0 unspecified atom stereocenters. The van der Waals surface area contributed by atoms with Crippen LogP contribution in [-0.4, -0.2) is 58.4 Å². The fourth-order valence-corrected chi connectivity index (χ4v) is 2.51. The van der Waals surface area contributed by atoms with Crippen molar-refractivity contribution in [2.75, 3.05) is 13.2 Å². The Morgan fingerprint density at radius 1 is 1.38 bits per heavy atom. The highest BCUT2D eigenvalue weighted by Gasteiger charge is 2.58. The van der Waals surface area contributed by atoms with Gasteiger partial charge in [-0.2, -0.15) is 0 Å². The summed E-state index contributed by atoms with van der Waals surface area (Å²) in [5.41, 5.74) is -0.908. The van der Waals surface area contributed by atoms with Gasteiger partial charge in [0.25, 0.3) is 0 Å². The minimum Gasteiger partial charge on any atom is -0.481 e. The molecule has 0 saturated carbocycles. The zero-order chi connectivity index (χ0) is 11.8. The molecule has 0 bridgehead atoms. The Morgan fingerprint density at radius 3 is 2.81 bits per heavy atom. The Balaban J connectivity index is 2.00. The van der Waals surface area contributed by atoms with Gasteiger partial charge < -0.3 is 24.8 Å². The maximum atomic E-state index is 10.4. The van der Waals surface area contributed by atoms with E-state index in [2.05, 4.69) is 0 Å². The summed E-state index contributed by atoms with van der Waals surface area (Å²) < 4.78 is 10.7. The van der Waals surface area contributed by atoms with E-state index in [0.717, 1.165) is 0 Å². The summed E-state index contributed by atoms with van der Waals surface area (Å²) in [6.07, 6.45) is -1.23. The number of carboxylic acids is 1. The number of aliphatic hydroxyl groups excluding tert-OH is 2. The lowest BCUT2D eigenvalue weighted by atomic mass is 9.87. The Morgan fingerprint density at radius 2 is 2.12 bits per heavy atom. The Labute approximate surface area is 92.8 Å². The van der Waals surface area contributed by atoms with Gasteiger partial charge in [0.15, 0.2) is 0 Å². The highest BCUT2D eigenvalue weighted by Crippen LogP contribution is 2.41. The van der Waals surface area contributed by atoms with Crippen molar-refractivity contribution in [2.45, 2.75) is 43.2 Å². The van der Waals surface area contributed by atoms with Gasteiger partial charge in [-0.25, -0.2) is 0 Å². The monoisotopic (exact) mass is 232 g/mol. The van der Waals surface area contributed by atoms with Crippen molar-refractivity contribution in [2.24, 2.45) is 0 Å². The summed E-state index contributed by atoms with van der Waals surface area (Å²) in [6.45, 7) is 0.267. The number of hydrogen-bond acceptors (Lipinski definition) is 5. The topological polar surface area (TPSA) is 96.2 Å². The minimum absolute atomic E-state index is 0.0284. The molecule has 2 aliphatic heterocycles. The molecule has 0 radical (unpaired) electrons. The third kappa shape index (κ3) is 1.82. The first-order valence-corrected chi connectivity index (χ1v) is 5.40. The van der Waals surface area contributed by atoms with Crippen LogP contribution in [0.15, 0.2) is 0 Å². The van der Waals surface area contributed by atoms with Gasteiger partial charge in [0.05, 0.1) is 13.2 Å². The van der Waals surface area contributed by atoms with Crippen LogP contribution in [0.5, 0.6) is 0 Å². The molecule has 0 aromatic rings. The molecule has 6 nitrogen and oxygen atoms in total. The fourth-order valence-electron chi connectivity index (χ4n) is 2.51. The van der Waals surface area contributed by atoms with E-state index in [-0.39, 0.29) is 19.6 Å². The average molecular weight is 232 g/mol. The predicted molar refractivity (Wildman–Crippen MR) is 51.9 cm³/mol. The first-order chi connectivity index (χ1) is 7.56. The highest BCUT2D eigenvalue weighted by atomic mass is 16.6. The van der Waals surface area contributed by atoms with E-state index in [1.165, 1.54) is 0 Å². The summed E-state index contributed by atoms with van der Waals surface area (Å²) in [4.78, 5) is 10.4. The number of aliphatic hydroxyl groups is 2. The molecule has 0 aromatic carbocycles. The van der Waals surface area contributed by atoms with Crippen LogP contribution in [0, 0.1) is 0 Å². The van der Waals surface area contributed by atoms with Gasteiger partial charge in [-0.3, -0.25) is 4.79 Å². The van der Waals surface area contributed by atoms with E-state index in [0.29, 0.717) is 12.8 Å². The summed E-state index contributed by atoms with van der Waals surface area (Å²) in [5.74, 6) is -0.875. The Bertz CT molecular complexity index is 280. The van der Waals surface area contributed by atoms with Crippen LogP contribution in [0.3, 0.4) is 0 Å². The molecule has 16 heavy (non-hydrogen) atoms. The van der Waals surface area contributed by atoms with Crippen LogP contribution in [-0.2, 0) is 14.3 Å². The quantitative estimate of drug-likeness (QED) is 0.583. The second-order valence-electron chi connectivity index (χ2n) is 4.35. The lowest BCUT2D eigenvalue weighted by Crippen LogP contribution is -2.47. The van der Waals surface area contributed by atoms with Crippen molar-refractivity contribution < 1.29 is 29.6 Å². The number of ether oxygens (including phenoxy) is 2. The minimum atomic E-state index is -0.908. The first kappa shape index (κ1) is 11.8. The zero-order valence-corrected chi connectivity index (χ0v) is 8.83. The van der Waals surface area contributed by atoms with Gasteiger partial charge in [-0.1, -0.05) is 0 Å². The van der Waals surface area contributed by atoms with Crippen LogP contribution in [0.2, 0.25) is 0 Å². The molecular weight excluding hydrogens is 216 g/mol. The normalized spacial score (nSPS) is 42.2. The molecule has 0 aromatic heterocycles. The molecule has 0 spiro atoms. The predicted octanol–water partition coefficient (Wildman–Crippen LogP) is -0.869.